The SMILES string of the molecule is CCC(=O)CCCCC[C@H](NC(=O)C1CC2(CNC2)C1)c1ncc(-c2ccc(N)c(C=NC)c2)[nH]1. The minimum atomic E-state index is -0.181. The van der Waals surface area contributed by atoms with Crippen molar-refractivity contribution >= 4 is 23.6 Å². The number of hydrogen-bond donors (Lipinski definition) is 4. The fourth-order valence-corrected chi connectivity index (χ4v) is 5.18. The quantitative estimate of drug-likeness (QED) is 0.210. The Bertz CT molecular complexity index is 1060. The van der Waals surface area contributed by atoms with E-state index in [1.807, 2.05) is 31.3 Å². The Kier molecular flexibility index (Phi) is 8.00. The van der Waals surface area contributed by atoms with Gasteiger partial charge in [0.15, 0.2) is 0 Å². The highest BCUT2D eigenvalue weighted by atomic mass is 16.2. The van der Waals surface area contributed by atoms with E-state index in [4.69, 9.17) is 5.73 Å². The van der Waals surface area contributed by atoms with Crippen LogP contribution in [0, 0.1) is 11.3 Å². The summed E-state index contributed by atoms with van der Waals surface area (Å²) in [6, 6.07) is 5.63. The average Bonchev–Trinajstić information content (AvgIpc) is 3.28. The number of aromatic nitrogens is 2. The molecular weight excluding hydrogens is 440 g/mol. The van der Waals surface area contributed by atoms with Crippen molar-refractivity contribution in [3.63, 3.8) is 0 Å². The first-order valence-corrected chi connectivity index (χ1v) is 12.8. The summed E-state index contributed by atoms with van der Waals surface area (Å²) in [6.45, 7) is 3.97. The van der Waals surface area contributed by atoms with Gasteiger partial charge in [-0.2, -0.15) is 0 Å². The van der Waals surface area contributed by atoms with Gasteiger partial charge in [0.25, 0.3) is 0 Å². The van der Waals surface area contributed by atoms with E-state index in [2.05, 4.69) is 25.6 Å². The first kappa shape index (κ1) is 25.1. The van der Waals surface area contributed by atoms with Crippen LogP contribution in [0.2, 0.25) is 0 Å². The van der Waals surface area contributed by atoms with Crippen molar-refractivity contribution < 1.29 is 9.59 Å². The maximum absolute atomic E-state index is 13.0. The summed E-state index contributed by atoms with van der Waals surface area (Å²) in [6.07, 6.45) is 10.3. The monoisotopic (exact) mass is 478 g/mol. The lowest BCUT2D eigenvalue weighted by molar-refractivity contribution is -0.135. The van der Waals surface area contributed by atoms with Crippen molar-refractivity contribution in [3.8, 4) is 11.3 Å². The molecule has 1 amide bonds. The fourth-order valence-electron chi connectivity index (χ4n) is 5.18. The first-order valence-electron chi connectivity index (χ1n) is 12.8. The molecule has 8 nitrogen and oxygen atoms in total. The smallest absolute Gasteiger partial charge is 0.223 e. The minimum Gasteiger partial charge on any atom is -0.398 e. The zero-order valence-electron chi connectivity index (χ0n) is 20.9. The number of benzene rings is 1. The number of amides is 1. The number of nitrogen functional groups attached to an aromatic ring is 1. The highest BCUT2D eigenvalue weighted by molar-refractivity contribution is 5.89. The van der Waals surface area contributed by atoms with E-state index in [9.17, 15) is 9.59 Å². The predicted molar refractivity (Wildman–Crippen MR) is 139 cm³/mol. The van der Waals surface area contributed by atoms with E-state index in [1.165, 1.54) is 0 Å². The van der Waals surface area contributed by atoms with Crippen LogP contribution in [0.5, 0.6) is 0 Å². The summed E-state index contributed by atoms with van der Waals surface area (Å²) in [5.41, 5.74) is 9.79. The number of aliphatic imine (C=N–C) groups is 1. The Balaban J connectivity index is 1.43. The maximum Gasteiger partial charge on any atom is 0.223 e. The molecule has 2 fully saturated rings. The van der Waals surface area contributed by atoms with Crippen molar-refractivity contribution in [2.24, 2.45) is 16.3 Å². The molecule has 1 aliphatic heterocycles. The van der Waals surface area contributed by atoms with Gasteiger partial charge in [-0.3, -0.25) is 14.6 Å². The maximum atomic E-state index is 13.0. The Morgan fingerprint density at radius 1 is 1.29 bits per heavy atom. The van der Waals surface area contributed by atoms with Crippen molar-refractivity contribution in [2.45, 2.75) is 64.3 Å². The average molecular weight is 479 g/mol. The Morgan fingerprint density at radius 2 is 2.09 bits per heavy atom. The van der Waals surface area contributed by atoms with E-state index in [1.54, 1.807) is 13.3 Å². The van der Waals surface area contributed by atoms with E-state index in [0.717, 1.165) is 74.3 Å². The highest BCUT2D eigenvalue weighted by Gasteiger charge is 2.51. The summed E-state index contributed by atoms with van der Waals surface area (Å²) in [4.78, 5) is 36.8. The lowest BCUT2D eigenvalue weighted by atomic mass is 9.58. The summed E-state index contributed by atoms with van der Waals surface area (Å²) >= 11 is 0. The number of rotatable bonds is 12. The first-order chi connectivity index (χ1) is 16.9. The van der Waals surface area contributed by atoms with E-state index in [0.29, 0.717) is 29.7 Å². The number of hydrogen-bond acceptors (Lipinski definition) is 6. The molecule has 5 N–H and O–H groups in total. The topological polar surface area (TPSA) is 125 Å². The van der Waals surface area contributed by atoms with Gasteiger partial charge in [0.1, 0.15) is 11.6 Å². The van der Waals surface area contributed by atoms with Gasteiger partial charge >= 0.3 is 0 Å². The van der Waals surface area contributed by atoms with Crippen molar-refractivity contribution in [2.75, 3.05) is 25.9 Å². The number of ketones is 1. The number of carbonyl (C=O) groups is 2. The molecule has 2 aromatic rings. The Labute approximate surface area is 207 Å². The van der Waals surface area contributed by atoms with Gasteiger partial charge in [-0.1, -0.05) is 25.8 Å². The molecule has 1 saturated heterocycles. The largest absolute Gasteiger partial charge is 0.398 e. The summed E-state index contributed by atoms with van der Waals surface area (Å²) < 4.78 is 0. The molecule has 8 heteroatoms. The standard InChI is InChI=1S/C27H38N6O2/c1-3-21(34)7-5-4-6-8-23(33-26(35)20-12-27(13-20)16-30-17-27)25-31-15-24(32-25)18-9-10-22(28)19(11-18)14-29-2/h9-11,14-15,20,23,30H,3-8,12-13,16-17,28H2,1-2H3,(H,31,32)(H,33,35)/t23-/m0/s1. The molecule has 2 aliphatic rings. The van der Waals surface area contributed by atoms with Gasteiger partial charge in [0.2, 0.25) is 5.91 Å². The summed E-state index contributed by atoms with van der Waals surface area (Å²) in [5, 5.41) is 6.61. The zero-order chi connectivity index (χ0) is 24.8. The molecule has 2 heterocycles. The van der Waals surface area contributed by atoms with E-state index < -0.39 is 0 Å². The van der Waals surface area contributed by atoms with Crippen LogP contribution in [0.25, 0.3) is 11.3 Å². The van der Waals surface area contributed by atoms with Crippen molar-refractivity contribution in [3.05, 3.63) is 35.8 Å². The normalized spacial score (nSPS) is 17.8. The number of nitrogens with two attached hydrogens (primary N) is 1. The number of H-pyrrole nitrogens is 1. The molecule has 1 aromatic heterocycles. The van der Waals surface area contributed by atoms with E-state index >= 15 is 0 Å². The molecule has 0 bridgehead atoms. The van der Waals surface area contributed by atoms with Crippen molar-refractivity contribution in [1.29, 1.82) is 0 Å². The van der Waals surface area contributed by atoms with Gasteiger partial charge in [-0.05, 0) is 43.2 Å². The molecule has 0 radical (unpaired) electrons. The number of carbonyl (C=O) groups excluding carboxylic acids is 2. The molecule has 1 saturated carbocycles. The second kappa shape index (κ2) is 11.2. The molecule has 188 valence electrons. The van der Waals surface area contributed by atoms with Crippen LogP contribution in [0.1, 0.15) is 75.7 Å². The third kappa shape index (κ3) is 5.99. The third-order valence-corrected chi connectivity index (χ3v) is 7.48. The third-order valence-electron chi connectivity index (χ3n) is 7.48. The number of unbranched alkanes of at least 4 members (excludes halogenated alkanes) is 2. The molecule has 1 atom stereocenters. The summed E-state index contributed by atoms with van der Waals surface area (Å²) in [7, 11) is 1.72. The van der Waals surface area contributed by atoms with Crippen LogP contribution in [0.4, 0.5) is 5.69 Å². The number of nitrogens with one attached hydrogen (secondary N) is 3. The summed E-state index contributed by atoms with van der Waals surface area (Å²) in [5.74, 6) is 1.29. The Hall–Kier alpha value is -3.00. The fraction of sp³-hybridized carbons (Fsp3) is 0.556. The minimum absolute atomic E-state index is 0.0872. The Morgan fingerprint density at radius 3 is 2.77 bits per heavy atom. The van der Waals surface area contributed by atoms with Gasteiger partial charge in [-0.15, -0.1) is 0 Å². The second-order valence-corrected chi connectivity index (χ2v) is 10.2. The number of nitrogens with zero attached hydrogens (tertiary/aromatic N) is 2. The van der Waals surface area contributed by atoms with Crippen LogP contribution in [0.3, 0.4) is 0 Å². The van der Waals surface area contributed by atoms with Crippen LogP contribution in [-0.2, 0) is 9.59 Å². The lowest BCUT2D eigenvalue weighted by Gasteiger charge is -2.53. The number of imidazole rings is 1. The molecule has 35 heavy (non-hydrogen) atoms. The zero-order valence-corrected chi connectivity index (χ0v) is 20.9. The lowest BCUT2D eigenvalue weighted by Crippen LogP contribution is -2.62. The van der Waals surface area contributed by atoms with Crippen LogP contribution < -0.4 is 16.4 Å². The van der Waals surface area contributed by atoms with Crippen LogP contribution in [0.15, 0.2) is 29.4 Å². The molecule has 1 aromatic carbocycles. The van der Waals surface area contributed by atoms with Gasteiger partial charge < -0.3 is 21.4 Å². The van der Waals surface area contributed by atoms with Crippen molar-refractivity contribution in [1.82, 2.24) is 20.6 Å². The van der Waals surface area contributed by atoms with Gasteiger partial charge in [0.05, 0.1) is 17.9 Å². The number of Topliss-reactive ketones (excluding diaryl/α,β-unsaturated/α-hetero) is 1. The molecular formula is C27H38N6O2. The molecule has 1 aliphatic carbocycles. The van der Waals surface area contributed by atoms with Crippen LogP contribution >= 0.6 is 0 Å². The highest BCUT2D eigenvalue weighted by Crippen LogP contribution is 2.48. The predicted octanol–water partition coefficient (Wildman–Crippen LogP) is 3.79. The van der Waals surface area contributed by atoms with Gasteiger partial charge in [0, 0.05) is 61.9 Å². The molecule has 1 spiro atoms. The van der Waals surface area contributed by atoms with Crippen LogP contribution in [-0.4, -0.2) is 48.0 Å². The van der Waals surface area contributed by atoms with Gasteiger partial charge in [-0.25, -0.2) is 4.98 Å². The number of aromatic amines is 1. The van der Waals surface area contributed by atoms with E-state index in [-0.39, 0.29) is 17.9 Å². The molecule has 0 unspecified atom stereocenters. The molecule has 4 rings (SSSR count). The number of anilines is 1. The second-order valence-electron chi connectivity index (χ2n) is 10.2.